The topological polar surface area (TPSA) is 35.2 Å². The minimum absolute atomic E-state index is 0.392. The summed E-state index contributed by atoms with van der Waals surface area (Å²) in [5.74, 6) is 0.791. The van der Waals surface area contributed by atoms with Gasteiger partial charge in [-0.1, -0.05) is 0 Å². The van der Waals surface area contributed by atoms with E-state index in [1.54, 1.807) is 0 Å². The normalized spacial score (nSPS) is 44.0. The van der Waals surface area contributed by atoms with E-state index in [0.29, 0.717) is 11.5 Å². The molecule has 0 aromatic heterocycles. The first-order chi connectivity index (χ1) is 5.75. The van der Waals surface area contributed by atoms with Crippen LogP contribution in [-0.4, -0.2) is 19.3 Å². The van der Waals surface area contributed by atoms with Gasteiger partial charge in [0.1, 0.15) is 0 Å². The fourth-order valence-corrected chi connectivity index (χ4v) is 2.73. The first kappa shape index (κ1) is 8.52. The number of nitrogens with two attached hydrogens (primary N) is 1. The molecule has 2 rings (SSSR count). The monoisotopic (exact) mass is 169 g/mol. The van der Waals surface area contributed by atoms with Crippen LogP contribution in [0.1, 0.15) is 32.6 Å². The van der Waals surface area contributed by atoms with Crippen LogP contribution < -0.4 is 5.73 Å². The van der Waals surface area contributed by atoms with Crippen molar-refractivity contribution in [3.05, 3.63) is 0 Å². The van der Waals surface area contributed by atoms with Gasteiger partial charge < -0.3 is 10.5 Å². The highest BCUT2D eigenvalue weighted by atomic mass is 16.5. The van der Waals surface area contributed by atoms with Gasteiger partial charge in [-0.3, -0.25) is 0 Å². The molecule has 3 unspecified atom stereocenters. The zero-order valence-corrected chi connectivity index (χ0v) is 7.88. The van der Waals surface area contributed by atoms with E-state index in [-0.39, 0.29) is 0 Å². The summed E-state index contributed by atoms with van der Waals surface area (Å²) in [7, 11) is 0. The Kier molecular flexibility index (Phi) is 2.13. The van der Waals surface area contributed by atoms with Crippen LogP contribution in [0.5, 0.6) is 0 Å². The van der Waals surface area contributed by atoms with Crippen molar-refractivity contribution in [1.82, 2.24) is 0 Å². The van der Waals surface area contributed by atoms with Crippen molar-refractivity contribution >= 4 is 0 Å². The Morgan fingerprint density at radius 1 is 1.42 bits per heavy atom. The Hall–Kier alpha value is -0.0800. The molecule has 2 fully saturated rings. The van der Waals surface area contributed by atoms with Gasteiger partial charge in [-0.25, -0.2) is 0 Å². The molecule has 12 heavy (non-hydrogen) atoms. The van der Waals surface area contributed by atoms with Crippen molar-refractivity contribution in [1.29, 1.82) is 0 Å². The second kappa shape index (κ2) is 3.00. The Labute approximate surface area is 74.5 Å². The van der Waals surface area contributed by atoms with Crippen LogP contribution >= 0.6 is 0 Å². The zero-order chi connectivity index (χ0) is 8.60. The van der Waals surface area contributed by atoms with Crippen LogP contribution in [-0.2, 0) is 4.74 Å². The molecule has 1 saturated heterocycles. The molecule has 1 saturated carbocycles. The van der Waals surface area contributed by atoms with E-state index in [4.69, 9.17) is 10.5 Å². The standard InChI is InChI=1S/C10H19NO/c1-8(11)9-7-10(9)3-2-5-12-6-4-10/h8-9H,2-7,11H2,1H3. The minimum Gasteiger partial charge on any atom is -0.381 e. The second-order valence-electron chi connectivity index (χ2n) is 4.50. The summed E-state index contributed by atoms with van der Waals surface area (Å²) >= 11 is 0. The molecule has 2 N–H and O–H groups in total. The molecule has 70 valence electrons. The Morgan fingerprint density at radius 3 is 2.92 bits per heavy atom. The fourth-order valence-electron chi connectivity index (χ4n) is 2.73. The molecule has 2 nitrogen and oxygen atoms in total. The third-order valence-electron chi connectivity index (χ3n) is 3.60. The SMILES string of the molecule is CC(N)C1CC12CCCOCC2. The van der Waals surface area contributed by atoms with E-state index in [9.17, 15) is 0 Å². The average Bonchev–Trinajstić information content (AvgIpc) is 2.77. The summed E-state index contributed by atoms with van der Waals surface area (Å²) in [6.07, 6.45) is 5.19. The van der Waals surface area contributed by atoms with Crippen LogP contribution in [0.4, 0.5) is 0 Å². The second-order valence-corrected chi connectivity index (χ2v) is 4.50. The molecule has 1 aliphatic carbocycles. The van der Waals surface area contributed by atoms with Gasteiger partial charge in [0, 0.05) is 19.3 Å². The molecule has 0 aromatic carbocycles. The van der Waals surface area contributed by atoms with Crippen molar-refractivity contribution in [2.45, 2.75) is 38.6 Å². The third-order valence-corrected chi connectivity index (χ3v) is 3.60. The summed E-state index contributed by atoms with van der Waals surface area (Å²) in [5, 5.41) is 0. The van der Waals surface area contributed by atoms with Gasteiger partial charge in [-0.05, 0) is 43.9 Å². The van der Waals surface area contributed by atoms with Crippen LogP contribution in [0.2, 0.25) is 0 Å². The molecule has 2 aliphatic rings. The number of rotatable bonds is 1. The van der Waals surface area contributed by atoms with Crippen molar-refractivity contribution in [2.24, 2.45) is 17.1 Å². The third kappa shape index (κ3) is 1.38. The van der Waals surface area contributed by atoms with Crippen molar-refractivity contribution in [3.8, 4) is 0 Å². The predicted octanol–water partition coefficient (Wildman–Crippen LogP) is 1.54. The summed E-state index contributed by atoms with van der Waals surface area (Å²) < 4.78 is 5.46. The van der Waals surface area contributed by atoms with Crippen molar-refractivity contribution < 1.29 is 4.74 Å². The maximum absolute atomic E-state index is 5.91. The highest BCUT2D eigenvalue weighted by molar-refractivity contribution is 5.05. The van der Waals surface area contributed by atoms with Gasteiger partial charge in [0.25, 0.3) is 0 Å². The van der Waals surface area contributed by atoms with Crippen LogP contribution in [0.3, 0.4) is 0 Å². The molecule has 0 aromatic rings. The first-order valence-electron chi connectivity index (χ1n) is 5.08. The van der Waals surface area contributed by atoms with Gasteiger partial charge >= 0.3 is 0 Å². The lowest BCUT2D eigenvalue weighted by Gasteiger charge is -2.14. The van der Waals surface area contributed by atoms with E-state index >= 15 is 0 Å². The molecule has 3 atom stereocenters. The quantitative estimate of drug-likeness (QED) is 0.646. The zero-order valence-electron chi connectivity index (χ0n) is 7.88. The Balaban J connectivity index is 1.94. The fraction of sp³-hybridized carbons (Fsp3) is 1.00. The lowest BCUT2D eigenvalue weighted by Crippen LogP contribution is -2.22. The molecule has 0 amide bonds. The maximum atomic E-state index is 5.91. The van der Waals surface area contributed by atoms with Gasteiger partial charge in [-0.15, -0.1) is 0 Å². The summed E-state index contributed by atoms with van der Waals surface area (Å²) in [6, 6.07) is 0.392. The summed E-state index contributed by atoms with van der Waals surface area (Å²) in [5.41, 5.74) is 6.52. The van der Waals surface area contributed by atoms with E-state index in [0.717, 1.165) is 19.1 Å². The van der Waals surface area contributed by atoms with Gasteiger partial charge in [0.2, 0.25) is 0 Å². The lowest BCUT2D eigenvalue weighted by atomic mass is 9.92. The predicted molar refractivity (Wildman–Crippen MR) is 48.9 cm³/mol. The molecule has 0 radical (unpaired) electrons. The molecular weight excluding hydrogens is 150 g/mol. The highest BCUT2D eigenvalue weighted by Gasteiger charge is 2.54. The smallest absolute Gasteiger partial charge is 0.0471 e. The molecule has 0 bridgehead atoms. The summed E-state index contributed by atoms with van der Waals surface area (Å²) in [6.45, 7) is 4.07. The molecule has 1 heterocycles. The van der Waals surface area contributed by atoms with Gasteiger partial charge in [-0.2, -0.15) is 0 Å². The van der Waals surface area contributed by atoms with Crippen LogP contribution in [0.25, 0.3) is 0 Å². The van der Waals surface area contributed by atoms with Crippen LogP contribution in [0.15, 0.2) is 0 Å². The van der Waals surface area contributed by atoms with Crippen molar-refractivity contribution in [3.63, 3.8) is 0 Å². The van der Waals surface area contributed by atoms with E-state index < -0.39 is 0 Å². The largest absolute Gasteiger partial charge is 0.381 e. The van der Waals surface area contributed by atoms with Crippen LogP contribution in [0, 0.1) is 11.3 Å². The van der Waals surface area contributed by atoms with Crippen molar-refractivity contribution in [2.75, 3.05) is 13.2 Å². The van der Waals surface area contributed by atoms with E-state index in [1.807, 2.05) is 0 Å². The average molecular weight is 169 g/mol. The highest BCUT2D eigenvalue weighted by Crippen LogP contribution is 2.60. The Bertz CT molecular complexity index is 159. The number of ether oxygens (including phenoxy) is 1. The molecule has 1 aliphatic heterocycles. The minimum atomic E-state index is 0.392. The first-order valence-corrected chi connectivity index (χ1v) is 5.08. The van der Waals surface area contributed by atoms with Gasteiger partial charge in [0.15, 0.2) is 0 Å². The van der Waals surface area contributed by atoms with E-state index in [2.05, 4.69) is 6.92 Å². The number of hydrogen-bond acceptors (Lipinski definition) is 2. The number of hydrogen-bond donors (Lipinski definition) is 1. The molecule has 2 heteroatoms. The van der Waals surface area contributed by atoms with E-state index in [1.165, 1.54) is 25.7 Å². The molecular formula is C10H19NO. The van der Waals surface area contributed by atoms with Gasteiger partial charge in [0.05, 0.1) is 0 Å². The summed E-state index contributed by atoms with van der Waals surface area (Å²) in [4.78, 5) is 0. The maximum Gasteiger partial charge on any atom is 0.0471 e. The molecule has 1 spiro atoms. The lowest BCUT2D eigenvalue weighted by molar-refractivity contribution is 0.139. The Morgan fingerprint density at radius 2 is 2.25 bits per heavy atom.